The first-order valence-electron chi connectivity index (χ1n) is 7.62. The van der Waals surface area contributed by atoms with Crippen LogP contribution in [0.15, 0.2) is 66.7 Å². The van der Waals surface area contributed by atoms with Gasteiger partial charge in [-0.15, -0.1) is 0 Å². The zero-order chi connectivity index (χ0) is 19.6. The van der Waals surface area contributed by atoms with E-state index in [1.54, 1.807) is 48.9 Å². The number of halogens is 2. The number of esters is 1. The summed E-state index contributed by atoms with van der Waals surface area (Å²) < 4.78 is 16.5. The summed E-state index contributed by atoms with van der Waals surface area (Å²) in [5.74, 6) is -0.794. The Morgan fingerprint density at radius 2 is 1.37 bits per heavy atom. The summed E-state index contributed by atoms with van der Waals surface area (Å²) >= 11 is 6.62. The molecule has 2 heterocycles. The molecule has 0 atom stereocenters. The Morgan fingerprint density at radius 3 is 1.85 bits per heavy atom. The number of furan rings is 2. The van der Waals surface area contributed by atoms with Crippen LogP contribution >= 0.6 is 31.9 Å². The number of fused-ring (bicyclic) bond motifs is 2. The Kier molecular flexibility index (Phi) is 5.67. The fourth-order valence-corrected chi connectivity index (χ4v) is 3.59. The predicted molar refractivity (Wildman–Crippen MR) is 108 cm³/mol. The molecular weight excluding hydrogens is 482 g/mol. The standard InChI is InChI=1S/C10H7BrO3.C9H6BrNO2/c1-13-10(12)7-4-6-2-3-14-9(6)8(11)5-7;10-7-4-6(9(11)12)3-5-1-2-13-8(5)7/h2-5H,1H3;1-4H,(H2,11,12). The summed E-state index contributed by atoms with van der Waals surface area (Å²) in [6, 6.07) is 10.3. The molecule has 0 aliphatic heterocycles. The van der Waals surface area contributed by atoms with Crippen LogP contribution in [0.3, 0.4) is 0 Å². The predicted octanol–water partition coefficient (Wildman–Crippen LogP) is 5.28. The number of carbonyl (C=O) groups is 2. The first kappa shape index (κ1) is 19.2. The van der Waals surface area contributed by atoms with Crippen molar-refractivity contribution in [1.29, 1.82) is 0 Å². The van der Waals surface area contributed by atoms with Crippen molar-refractivity contribution in [2.45, 2.75) is 0 Å². The molecule has 0 unspecified atom stereocenters. The number of nitrogens with two attached hydrogens (primary N) is 1. The van der Waals surface area contributed by atoms with E-state index in [-0.39, 0.29) is 5.97 Å². The van der Waals surface area contributed by atoms with Crippen LogP contribution in [0.5, 0.6) is 0 Å². The second-order valence-corrected chi connectivity index (χ2v) is 7.16. The van der Waals surface area contributed by atoms with Crippen LogP contribution in [0.2, 0.25) is 0 Å². The molecule has 4 rings (SSSR count). The summed E-state index contributed by atoms with van der Waals surface area (Å²) in [6.45, 7) is 0. The quantitative estimate of drug-likeness (QED) is 0.382. The Balaban J connectivity index is 0.000000156. The average Bonchev–Trinajstić information content (AvgIpc) is 3.30. The van der Waals surface area contributed by atoms with E-state index in [1.165, 1.54) is 7.11 Å². The summed E-state index contributed by atoms with van der Waals surface area (Å²) in [7, 11) is 1.36. The van der Waals surface area contributed by atoms with Gasteiger partial charge in [0, 0.05) is 16.3 Å². The van der Waals surface area contributed by atoms with Crippen LogP contribution in [-0.2, 0) is 4.74 Å². The zero-order valence-corrected chi connectivity index (χ0v) is 17.2. The van der Waals surface area contributed by atoms with Gasteiger partial charge in [-0.25, -0.2) is 4.79 Å². The maximum absolute atomic E-state index is 11.3. The highest BCUT2D eigenvalue weighted by Crippen LogP contribution is 2.27. The van der Waals surface area contributed by atoms with E-state index in [0.29, 0.717) is 11.1 Å². The summed E-state index contributed by atoms with van der Waals surface area (Å²) in [4.78, 5) is 22.1. The molecule has 2 N–H and O–H groups in total. The fourth-order valence-electron chi connectivity index (χ4n) is 2.45. The van der Waals surface area contributed by atoms with E-state index in [4.69, 9.17) is 14.6 Å². The minimum Gasteiger partial charge on any atom is -0.465 e. The van der Waals surface area contributed by atoms with E-state index in [0.717, 1.165) is 30.9 Å². The topological polar surface area (TPSA) is 95.7 Å². The lowest BCUT2D eigenvalue weighted by Crippen LogP contribution is -2.10. The third-order valence-electron chi connectivity index (χ3n) is 3.72. The van der Waals surface area contributed by atoms with Gasteiger partial charge in [0.2, 0.25) is 5.91 Å². The van der Waals surface area contributed by atoms with Crippen LogP contribution in [-0.4, -0.2) is 19.0 Å². The van der Waals surface area contributed by atoms with Gasteiger partial charge >= 0.3 is 5.97 Å². The minimum absolute atomic E-state index is 0.353. The van der Waals surface area contributed by atoms with Crippen molar-refractivity contribution in [3.05, 3.63) is 69.0 Å². The SMILES string of the molecule is COC(=O)c1cc(Br)c2occc2c1.NC(=O)c1cc(Br)c2occc2c1. The third-order valence-corrected chi connectivity index (χ3v) is 4.90. The van der Waals surface area contributed by atoms with E-state index in [2.05, 4.69) is 36.6 Å². The lowest BCUT2D eigenvalue weighted by Gasteiger charge is -2.00. The number of amides is 1. The average molecular weight is 495 g/mol. The van der Waals surface area contributed by atoms with Gasteiger partial charge in [0.1, 0.15) is 11.2 Å². The first-order valence-corrected chi connectivity index (χ1v) is 9.21. The molecule has 2 aromatic heterocycles. The largest absolute Gasteiger partial charge is 0.465 e. The second kappa shape index (κ2) is 7.98. The van der Waals surface area contributed by atoms with Gasteiger partial charge < -0.3 is 19.3 Å². The molecule has 0 saturated carbocycles. The molecule has 0 aliphatic carbocycles. The van der Waals surface area contributed by atoms with Gasteiger partial charge in [0.15, 0.2) is 0 Å². The molecule has 0 saturated heterocycles. The Bertz CT molecular complexity index is 1150. The van der Waals surface area contributed by atoms with Crippen molar-refractivity contribution >= 4 is 65.7 Å². The summed E-state index contributed by atoms with van der Waals surface area (Å²) in [6.07, 6.45) is 3.15. The van der Waals surface area contributed by atoms with Crippen LogP contribution in [0.1, 0.15) is 20.7 Å². The number of ether oxygens (including phenoxy) is 1. The molecular formula is C19H13Br2NO5. The van der Waals surface area contributed by atoms with Gasteiger partial charge in [0.25, 0.3) is 0 Å². The van der Waals surface area contributed by atoms with Gasteiger partial charge in [0.05, 0.1) is 34.1 Å². The number of methoxy groups -OCH3 is 1. The molecule has 0 fully saturated rings. The third kappa shape index (κ3) is 4.06. The molecule has 0 bridgehead atoms. The Morgan fingerprint density at radius 1 is 0.889 bits per heavy atom. The molecule has 0 spiro atoms. The summed E-state index contributed by atoms with van der Waals surface area (Å²) in [5.41, 5.74) is 7.59. The highest BCUT2D eigenvalue weighted by molar-refractivity contribution is 9.11. The highest BCUT2D eigenvalue weighted by atomic mass is 79.9. The van der Waals surface area contributed by atoms with Crippen molar-refractivity contribution in [3.63, 3.8) is 0 Å². The monoisotopic (exact) mass is 493 g/mol. The molecule has 0 radical (unpaired) electrons. The number of carbonyl (C=O) groups excluding carboxylic acids is 2. The van der Waals surface area contributed by atoms with Crippen LogP contribution in [0.25, 0.3) is 21.9 Å². The molecule has 27 heavy (non-hydrogen) atoms. The minimum atomic E-state index is -0.441. The maximum atomic E-state index is 11.3. The molecule has 8 heteroatoms. The van der Waals surface area contributed by atoms with Crippen molar-refractivity contribution < 1.29 is 23.2 Å². The number of primary amides is 1. The molecule has 2 aromatic carbocycles. The molecule has 4 aromatic rings. The molecule has 138 valence electrons. The van der Waals surface area contributed by atoms with Gasteiger partial charge in [-0.2, -0.15) is 0 Å². The number of rotatable bonds is 2. The maximum Gasteiger partial charge on any atom is 0.337 e. The number of hydrogen-bond donors (Lipinski definition) is 1. The smallest absolute Gasteiger partial charge is 0.337 e. The highest BCUT2D eigenvalue weighted by Gasteiger charge is 2.10. The first-order chi connectivity index (χ1) is 12.9. The van der Waals surface area contributed by atoms with Gasteiger partial charge in [-0.05, 0) is 68.3 Å². The Hall–Kier alpha value is -2.58. The van der Waals surface area contributed by atoms with Crippen molar-refractivity contribution in [2.75, 3.05) is 7.11 Å². The van der Waals surface area contributed by atoms with E-state index in [9.17, 15) is 9.59 Å². The summed E-state index contributed by atoms with van der Waals surface area (Å²) in [5, 5.41) is 1.74. The Labute approximate surface area is 170 Å². The zero-order valence-electron chi connectivity index (χ0n) is 14.0. The van der Waals surface area contributed by atoms with Crippen molar-refractivity contribution in [3.8, 4) is 0 Å². The van der Waals surface area contributed by atoms with E-state index in [1.807, 2.05) is 0 Å². The lowest BCUT2D eigenvalue weighted by molar-refractivity contribution is 0.0600. The fraction of sp³-hybridized carbons (Fsp3) is 0.0526. The molecule has 0 aliphatic rings. The van der Waals surface area contributed by atoms with Crippen LogP contribution < -0.4 is 5.73 Å². The molecule has 1 amide bonds. The van der Waals surface area contributed by atoms with Crippen molar-refractivity contribution in [1.82, 2.24) is 0 Å². The second-order valence-electron chi connectivity index (χ2n) is 5.45. The lowest BCUT2D eigenvalue weighted by atomic mass is 10.1. The number of hydrogen-bond acceptors (Lipinski definition) is 5. The van der Waals surface area contributed by atoms with Crippen molar-refractivity contribution in [2.24, 2.45) is 5.73 Å². The van der Waals surface area contributed by atoms with Crippen LogP contribution in [0.4, 0.5) is 0 Å². The number of benzene rings is 2. The normalized spacial score (nSPS) is 10.5. The van der Waals surface area contributed by atoms with Gasteiger partial charge in [-0.3, -0.25) is 4.79 Å². The van der Waals surface area contributed by atoms with E-state index < -0.39 is 5.91 Å². The van der Waals surface area contributed by atoms with Crippen LogP contribution in [0, 0.1) is 0 Å². The van der Waals surface area contributed by atoms with Gasteiger partial charge in [-0.1, -0.05) is 0 Å². The molecule has 6 nitrogen and oxygen atoms in total. The van der Waals surface area contributed by atoms with E-state index >= 15 is 0 Å².